The third-order valence-corrected chi connectivity index (χ3v) is 3.50. The lowest BCUT2D eigenvalue weighted by Gasteiger charge is -2.26. The first-order chi connectivity index (χ1) is 10.3. The molecule has 0 bridgehead atoms. The number of anilines is 2. The van der Waals surface area contributed by atoms with Gasteiger partial charge in [0.1, 0.15) is 0 Å². The van der Waals surface area contributed by atoms with Gasteiger partial charge in [0.2, 0.25) is 0 Å². The van der Waals surface area contributed by atoms with Gasteiger partial charge < -0.3 is 4.90 Å². The molecular weight excluding hydrogens is 322 g/mol. The lowest BCUT2D eigenvalue weighted by molar-refractivity contribution is 1.21. The van der Waals surface area contributed by atoms with Crippen LogP contribution in [0.15, 0.2) is 95.7 Å². The van der Waals surface area contributed by atoms with E-state index >= 15 is 0 Å². The maximum atomic E-state index is 3.95. The van der Waals surface area contributed by atoms with Gasteiger partial charge in [-0.3, -0.25) is 0 Å². The molecule has 0 N–H and O–H groups in total. The Balaban J connectivity index is 2.56. The second-order valence-corrected chi connectivity index (χ2v) is 5.39. The Hall–Kier alpha value is -2.06. The molecule has 21 heavy (non-hydrogen) atoms. The molecule has 0 radical (unpaired) electrons. The number of allylic oxidation sites excluding steroid dienone is 4. The molecule has 0 atom stereocenters. The fourth-order valence-corrected chi connectivity index (χ4v) is 2.46. The SMILES string of the molecule is C=C/C(=C\C=C/C)N(c1ccccc1)c1cccc(Br)c1. The minimum atomic E-state index is 1.03. The maximum Gasteiger partial charge on any atom is 0.0472 e. The fraction of sp³-hybridized carbons (Fsp3) is 0.0526. The summed E-state index contributed by atoms with van der Waals surface area (Å²) in [5, 5.41) is 0. The Labute approximate surface area is 135 Å². The zero-order chi connectivity index (χ0) is 15.1. The highest BCUT2D eigenvalue weighted by Crippen LogP contribution is 2.31. The van der Waals surface area contributed by atoms with Crippen molar-refractivity contribution in [3.63, 3.8) is 0 Å². The Morgan fingerprint density at radius 2 is 1.76 bits per heavy atom. The molecule has 0 spiro atoms. The quantitative estimate of drug-likeness (QED) is 0.583. The van der Waals surface area contributed by atoms with E-state index in [1.807, 2.05) is 55.5 Å². The van der Waals surface area contributed by atoms with Gasteiger partial charge in [-0.05, 0) is 49.4 Å². The summed E-state index contributed by atoms with van der Waals surface area (Å²) < 4.78 is 1.05. The first-order valence-electron chi connectivity index (χ1n) is 6.82. The van der Waals surface area contributed by atoms with Gasteiger partial charge in [-0.25, -0.2) is 0 Å². The van der Waals surface area contributed by atoms with E-state index in [2.05, 4.69) is 57.8 Å². The second kappa shape index (κ2) is 7.65. The monoisotopic (exact) mass is 339 g/mol. The van der Waals surface area contributed by atoms with Crippen LogP contribution in [0.3, 0.4) is 0 Å². The van der Waals surface area contributed by atoms with Crippen LogP contribution in [0.2, 0.25) is 0 Å². The fourth-order valence-electron chi connectivity index (χ4n) is 2.07. The van der Waals surface area contributed by atoms with Gasteiger partial charge in [-0.1, -0.05) is 58.9 Å². The van der Waals surface area contributed by atoms with E-state index in [-0.39, 0.29) is 0 Å². The smallest absolute Gasteiger partial charge is 0.0472 e. The first-order valence-corrected chi connectivity index (χ1v) is 7.61. The Morgan fingerprint density at radius 3 is 2.38 bits per heavy atom. The molecule has 0 aromatic heterocycles. The van der Waals surface area contributed by atoms with Crippen molar-refractivity contribution >= 4 is 27.3 Å². The summed E-state index contributed by atoms with van der Waals surface area (Å²) in [5.41, 5.74) is 3.22. The zero-order valence-electron chi connectivity index (χ0n) is 12.0. The molecular formula is C19H18BrN. The van der Waals surface area contributed by atoms with E-state index in [9.17, 15) is 0 Å². The first kappa shape index (κ1) is 15.3. The minimum absolute atomic E-state index is 1.03. The normalized spacial score (nSPS) is 11.6. The van der Waals surface area contributed by atoms with E-state index in [1.165, 1.54) is 0 Å². The third kappa shape index (κ3) is 3.96. The molecule has 106 valence electrons. The Bertz CT molecular complexity index is 656. The molecule has 2 aromatic rings. The number of hydrogen-bond acceptors (Lipinski definition) is 1. The summed E-state index contributed by atoms with van der Waals surface area (Å²) in [6.45, 7) is 5.96. The van der Waals surface area contributed by atoms with E-state index in [4.69, 9.17) is 0 Å². The van der Waals surface area contributed by atoms with Gasteiger partial charge in [0.25, 0.3) is 0 Å². The predicted molar refractivity (Wildman–Crippen MR) is 95.8 cm³/mol. The van der Waals surface area contributed by atoms with Crippen molar-refractivity contribution in [1.82, 2.24) is 0 Å². The van der Waals surface area contributed by atoms with Crippen LogP contribution in [-0.4, -0.2) is 0 Å². The minimum Gasteiger partial charge on any atom is -0.310 e. The molecule has 0 fully saturated rings. The lowest BCUT2D eigenvalue weighted by Crippen LogP contribution is -2.14. The van der Waals surface area contributed by atoms with Crippen molar-refractivity contribution in [1.29, 1.82) is 0 Å². The van der Waals surface area contributed by atoms with Crippen molar-refractivity contribution in [3.05, 3.63) is 95.7 Å². The predicted octanol–water partition coefficient (Wildman–Crippen LogP) is 6.23. The molecule has 2 aromatic carbocycles. The number of benzene rings is 2. The van der Waals surface area contributed by atoms with Crippen LogP contribution in [0.25, 0.3) is 0 Å². The zero-order valence-corrected chi connectivity index (χ0v) is 13.6. The van der Waals surface area contributed by atoms with Crippen LogP contribution < -0.4 is 4.90 Å². The number of para-hydroxylation sites is 1. The van der Waals surface area contributed by atoms with Crippen molar-refractivity contribution in [3.8, 4) is 0 Å². The average molecular weight is 340 g/mol. The second-order valence-electron chi connectivity index (χ2n) is 4.47. The lowest BCUT2D eigenvalue weighted by atomic mass is 10.2. The van der Waals surface area contributed by atoms with Crippen molar-refractivity contribution in [2.75, 3.05) is 4.90 Å². The Morgan fingerprint density at radius 1 is 1.05 bits per heavy atom. The van der Waals surface area contributed by atoms with Gasteiger partial charge in [-0.2, -0.15) is 0 Å². The van der Waals surface area contributed by atoms with Crippen LogP contribution >= 0.6 is 15.9 Å². The highest BCUT2D eigenvalue weighted by molar-refractivity contribution is 9.10. The molecule has 0 unspecified atom stereocenters. The molecule has 1 nitrogen and oxygen atoms in total. The average Bonchev–Trinajstić information content (AvgIpc) is 2.52. The molecule has 0 heterocycles. The number of nitrogens with zero attached hydrogens (tertiary/aromatic N) is 1. The summed E-state index contributed by atoms with van der Waals surface area (Å²) in [4.78, 5) is 2.18. The summed E-state index contributed by atoms with van der Waals surface area (Å²) >= 11 is 3.54. The molecule has 0 amide bonds. The van der Waals surface area contributed by atoms with Gasteiger partial charge in [0.15, 0.2) is 0 Å². The summed E-state index contributed by atoms with van der Waals surface area (Å²) in [7, 11) is 0. The van der Waals surface area contributed by atoms with Crippen LogP contribution in [0.1, 0.15) is 6.92 Å². The summed E-state index contributed by atoms with van der Waals surface area (Å²) in [6.07, 6.45) is 7.95. The van der Waals surface area contributed by atoms with E-state index < -0.39 is 0 Å². The largest absolute Gasteiger partial charge is 0.310 e. The number of hydrogen-bond donors (Lipinski definition) is 0. The van der Waals surface area contributed by atoms with Gasteiger partial charge in [0, 0.05) is 21.5 Å². The third-order valence-electron chi connectivity index (χ3n) is 3.01. The van der Waals surface area contributed by atoms with Crippen LogP contribution in [0, 0.1) is 0 Å². The van der Waals surface area contributed by atoms with Crippen LogP contribution in [-0.2, 0) is 0 Å². The summed E-state index contributed by atoms with van der Waals surface area (Å²) in [6, 6.07) is 18.5. The van der Waals surface area contributed by atoms with Gasteiger partial charge in [0.05, 0.1) is 0 Å². The summed E-state index contributed by atoms with van der Waals surface area (Å²) in [5.74, 6) is 0. The molecule has 2 heteroatoms. The number of halogens is 1. The van der Waals surface area contributed by atoms with Crippen LogP contribution in [0.5, 0.6) is 0 Å². The van der Waals surface area contributed by atoms with Crippen molar-refractivity contribution in [2.24, 2.45) is 0 Å². The van der Waals surface area contributed by atoms with Crippen molar-refractivity contribution < 1.29 is 0 Å². The maximum absolute atomic E-state index is 3.95. The Kier molecular flexibility index (Phi) is 5.59. The van der Waals surface area contributed by atoms with Crippen LogP contribution in [0.4, 0.5) is 11.4 Å². The molecule has 0 aliphatic carbocycles. The molecule has 0 aliphatic heterocycles. The molecule has 0 saturated carbocycles. The van der Waals surface area contributed by atoms with Gasteiger partial charge >= 0.3 is 0 Å². The highest BCUT2D eigenvalue weighted by Gasteiger charge is 2.12. The molecule has 0 saturated heterocycles. The molecule has 0 aliphatic rings. The topological polar surface area (TPSA) is 3.24 Å². The van der Waals surface area contributed by atoms with E-state index in [0.29, 0.717) is 0 Å². The van der Waals surface area contributed by atoms with E-state index in [1.54, 1.807) is 0 Å². The standard InChI is InChI=1S/C19H18BrN/c1-3-5-11-17(4-2)21(18-12-7-6-8-13-18)19-14-9-10-16(20)15-19/h3-15H,2H2,1H3/b5-3-,17-11+. The molecule has 2 rings (SSSR count). The van der Waals surface area contributed by atoms with Crippen molar-refractivity contribution in [2.45, 2.75) is 6.92 Å². The highest BCUT2D eigenvalue weighted by atomic mass is 79.9. The van der Waals surface area contributed by atoms with E-state index in [0.717, 1.165) is 21.5 Å². The number of rotatable bonds is 5. The van der Waals surface area contributed by atoms with Gasteiger partial charge in [-0.15, -0.1) is 0 Å².